The van der Waals surface area contributed by atoms with Crippen LogP contribution >= 0.6 is 0 Å². The maximum atomic E-state index is 5.14. The summed E-state index contributed by atoms with van der Waals surface area (Å²) in [6.45, 7) is 0. The fraction of sp³-hybridized carbons (Fsp3) is 0.175. The number of hydrogen-bond acceptors (Lipinski definition) is 1. The molecule has 0 unspecified atom stereocenters. The van der Waals surface area contributed by atoms with Gasteiger partial charge in [0.05, 0.1) is 11.0 Å². The summed E-state index contributed by atoms with van der Waals surface area (Å²) < 4.78 is 2.29. The third-order valence-corrected chi connectivity index (χ3v) is 14.9. The van der Waals surface area contributed by atoms with Crippen molar-refractivity contribution in [2.45, 2.75) is 62.2 Å². The van der Waals surface area contributed by atoms with Gasteiger partial charge in [-0.25, -0.2) is 4.98 Å². The van der Waals surface area contributed by atoms with Crippen LogP contribution in [0.5, 0.6) is 0 Å². The van der Waals surface area contributed by atoms with E-state index >= 15 is 0 Å². The Labute approximate surface area is 345 Å². The second-order valence-corrected chi connectivity index (χ2v) is 17.8. The molecule has 1 aromatic heterocycles. The third kappa shape index (κ3) is 4.78. The van der Waals surface area contributed by atoms with Crippen LogP contribution in [0.3, 0.4) is 0 Å². The van der Waals surface area contributed by atoms with E-state index in [1.807, 2.05) is 0 Å². The zero-order valence-electron chi connectivity index (χ0n) is 33.2. The van der Waals surface area contributed by atoms with E-state index in [0.717, 1.165) is 28.1 Å². The number of rotatable bonds is 4. The van der Waals surface area contributed by atoms with Crippen molar-refractivity contribution in [3.63, 3.8) is 0 Å². The van der Waals surface area contributed by atoms with Gasteiger partial charge in [-0.05, 0) is 158 Å². The molecular formula is C57H44N2. The second kappa shape index (κ2) is 12.5. The number of benzene rings is 8. The summed E-state index contributed by atoms with van der Waals surface area (Å²) in [4.78, 5) is 5.14. The van der Waals surface area contributed by atoms with Gasteiger partial charge in [0, 0.05) is 22.1 Å². The molecule has 2 heteroatoms. The van der Waals surface area contributed by atoms with Crippen molar-refractivity contribution in [3.8, 4) is 61.6 Å². The molecule has 2 saturated carbocycles. The first-order valence-corrected chi connectivity index (χ1v) is 21.8. The Morgan fingerprint density at radius 1 is 0.373 bits per heavy atom. The first-order valence-electron chi connectivity index (χ1n) is 21.8. The van der Waals surface area contributed by atoms with Crippen LogP contribution in [0.2, 0.25) is 0 Å². The van der Waals surface area contributed by atoms with Crippen molar-refractivity contribution in [2.24, 2.45) is 0 Å². The summed E-state index contributed by atoms with van der Waals surface area (Å²) in [5.74, 6) is 0.970. The number of imidazole rings is 1. The molecule has 13 rings (SSSR count). The molecule has 59 heavy (non-hydrogen) atoms. The van der Waals surface area contributed by atoms with Gasteiger partial charge in [-0.15, -0.1) is 0 Å². The van der Waals surface area contributed by atoms with E-state index in [9.17, 15) is 0 Å². The van der Waals surface area contributed by atoms with Gasteiger partial charge in [0.1, 0.15) is 5.82 Å². The maximum absolute atomic E-state index is 5.14. The molecule has 2 spiro atoms. The van der Waals surface area contributed by atoms with Gasteiger partial charge in [-0.2, -0.15) is 0 Å². The van der Waals surface area contributed by atoms with Gasteiger partial charge in [-0.1, -0.05) is 141 Å². The number of fused-ring (bicyclic) bond motifs is 12. The molecule has 0 atom stereocenters. The molecule has 0 amide bonds. The fourth-order valence-electron chi connectivity index (χ4n) is 12.1. The van der Waals surface area contributed by atoms with Crippen molar-refractivity contribution < 1.29 is 0 Å². The molecule has 0 bridgehead atoms. The number of aromatic nitrogens is 2. The maximum Gasteiger partial charge on any atom is 0.145 e. The van der Waals surface area contributed by atoms with E-state index in [1.165, 1.54) is 107 Å². The zero-order chi connectivity index (χ0) is 38.7. The van der Waals surface area contributed by atoms with Crippen LogP contribution in [-0.4, -0.2) is 9.55 Å². The number of para-hydroxylation sites is 3. The van der Waals surface area contributed by atoms with Gasteiger partial charge >= 0.3 is 0 Å². The molecule has 0 N–H and O–H groups in total. The Bertz CT molecular complexity index is 3150. The number of hydrogen-bond donors (Lipinski definition) is 0. The Balaban J connectivity index is 0.898. The Morgan fingerprint density at radius 3 is 1.53 bits per heavy atom. The summed E-state index contributed by atoms with van der Waals surface area (Å²) >= 11 is 0. The molecule has 282 valence electrons. The summed E-state index contributed by atoms with van der Waals surface area (Å²) in [5, 5.41) is 2.61. The van der Waals surface area contributed by atoms with E-state index in [4.69, 9.17) is 4.98 Å². The molecule has 0 saturated heterocycles. The monoisotopic (exact) mass is 756 g/mol. The molecular weight excluding hydrogens is 713 g/mol. The highest BCUT2D eigenvalue weighted by Gasteiger charge is 2.50. The van der Waals surface area contributed by atoms with Gasteiger partial charge < -0.3 is 0 Å². The summed E-state index contributed by atoms with van der Waals surface area (Å²) in [7, 11) is 0. The summed E-state index contributed by atoms with van der Waals surface area (Å²) in [5.41, 5.74) is 22.0. The van der Waals surface area contributed by atoms with Crippen LogP contribution in [-0.2, 0) is 10.8 Å². The minimum atomic E-state index is 0.0762. The quantitative estimate of drug-likeness (QED) is 0.175. The van der Waals surface area contributed by atoms with Crippen LogP contribution in [0.1, 0.15) is 73.6 Å². The van der Waals surface area contributed by atoms with E-state index in [2.05, 4.69) is 174 Å². The highest BCUT2D eigenvalue weighted by molar-refractivity contribution is 5.93. The predicted molar refractivity (Wildman–Crippen MR) is 244 cm³/mol. The van der Waals surface area contributed by atoms with E-state index in [1.54, 1.807) is 22.3 Å². The molecule has 9 aromatic rings. The standard InChI is InChI=1S/C57H44N2/c1-2-14-44(15-3-1)59-54-17-7-6-16-53(54)58-55(59)39-21-18-38(19-22-39)42-24-26-45-47-35-52-48(36-51(47)56(49(45)33-42)28-8-9-29-56)46-27-25-43(34-50(46)57(52)30-10-11-31-57)41-23-20-37-12-4-5-13-40(37)32-41/h1-7,12-27,32-36H,8-11,28-31H2. The first kappa shape index (κ1) is 33.5. The first-order chi connectivity index (χ1) is 29.2. The molecule has 2 fully saturated rings. The van der Waals surface area contributed by atoms with Crippen molar-refractivity contribution in [2.75, 3.05) is 0 Å². The lowest BCUT2D eigenvalue weighted by molar-refractivity contribution is 0.544. The van der Waals surface area contributed by atoms with Crippen LogP contribution in [0.15, 0.2) is 170 Å². The predicted octanol–water partition coefficient (Wildman–Crippen LogP) is 14.9. The molecule has 4 aliphatic rings. The summed E-state index contributed by atoms with van der Waals surface area (Å²) in [6.07, 6.45) is 10.1. The Morgan fingerprint density at radius 2 is 0.864 bits per heavy atom. The van der Waals surface area contributed by atoms with E-state index < -0.39 is 0 Å². The van der Waals surface area contributed by atoms with Crippen molar-refractivity contribution in [1.29, 1.82) is 0 Å². The van der Waals surface area contributed by atoms with Crippen LogP contribution in [0.25, 0.3) is 83.4 Å². The van der Waals surface area contributed by atoms with Gasteiger partial charge in [-0.3, -0.25) is 4.57 Å². The molecule has 4 aliphatic carbocycles. The average Bonchev–Trinajstić information content (AvgIpc) is 4.15. The fourth-order valence-corrected chi connectivity index (χ4v) is 12.1. The highest BCUT2D eigenvalue weighted by atomic mass is 15.1. The Hall–Kier alpha value is -6.51. The van der Waals surface area contributed by atoms with E-state index in [-0.39, 0.29) is 10.8 Å². The highest BCUT2D eigenvalue weighted by Crippen LogP contribution is 2.63. The lowest BCUT2D eigenvalue weighted by Crippen LogP contribution is -2.22. The number of nitrogens with zero attached hydrogens (tertiary/aromatic N) is 2. The lowest BCUT2D eigenvalue weighted by Gasteiger charge is -2.29. The average molecular weight is 757 g/mol. The third-order valence-electron chi connectivity index (χ3n) is 14.9. The molecule has 1 heterocycles. The van der Waals surface area contributed by atoms with Crippen molar-refractivity contribution >= 4 is 21.8 Å². The molecule has 8 aromatic carbocycles. The normalized spacial score (nSPS) is 16.5. The van der Waals surface area contributed by atoms with E-state index in [0.29, 0.717) is 0 Å². The van der Waals surface area contributed by atoms with Crippen LogP contribution < -0.4 is 0 Å². The van der Waals surface area contributed by atoms with Gasteiger partial charge in [0.15, 0.2) is 0 Å². The molecule has 0 aliphatic heterocycles. The smallest absolute Gasteiger partial charge is 0.145 e. The molecule has 2 nitrogen and oxygen atoms in total. The zero-order valence-corrected chi connectivity index (χ0v) is 33.2. The van der Waals surface area contributed by atoms with Crippen molar-refractivity contribution in [3.05, 3.63) is 192 Å². The SMILES string of the molecule is c1ccc(-n2c(-c3ccc(-c4ccc5c(c4)C4(CCCC4)c4cc6c(cc4-5)C4(CCCC4)c4cc(-c5ccc7ccccc7c5)ccc4-6)cc3)nc3ccccc32)cc1. The summed E-state index contributed by atoms with van der Waals surface area (Å²) in [6, 6.07) is 64.1. The topological polar surface area (TPSA) is 17.8 Å². The lowest BCUT2D eigenvalue weighted by atomic mass is 9.74. The minimum absolute atomic E-state index is 0.0762. The largest absolute Gasteiger partial charge is 0.292 e. The van der Waals surface area contributed by atoms with Crippen molar-refractivity contribution in [1.82, 2.24) is 9.55 Å². The van der Waals surface area contributed by atoms with Crippen LogP contribution in [0, 0.1) is 0 Å². The Kier molecular flexibility index (Phi) is 7.09. The molecule has 0 radical (unpaired) electrons. The van der Waals surface area contributed by atoms with Gasteiger partial charge in [0.25, 0.3) is 0 Å². The van der Waals surface area contributed by atoms with Crippen LogP contribution in [0.4, 0.5) is 0 Å². The minimum Gasteiger partial charge on any atom is -0.292 e. The second-order valence-electron chi connectivity index (χ2n) is 17.8. The van der Waals surface area contributed by atoms with Gasteiger partial charge in [0.2, 0.25) is 0 Å².